The quantitative estimate of drug-likeness (QED) is 0.628. The minimum absolute atomic E-state index is 0.1000. The molecule has 1 rings (SSSR count). The second kappa shape index (κ2) is 3.80. The lowest BCUT2D eigenvalue weighted by Crippen LogP contribution is -2.25. The zero-order valence-corrected chi connectivity index (χ0v) is 7.11. The first-order valence-corrected chi connectivity index (χ1v) is 3.73. The van der Waals surface area contributed by atoms with Crippen molar-refractivity contribution in [3.8, 4) is 0 Å². The molecule has 12 heavy (non-hydrogen) atoms. The van der Waals surface area contributed by atoms with Crippen molar-refractivity contribution in [3.63, 3.8) is 0 Å². The molecule has 1 aromatic rings. The lowest BCUT2D eigenvalue weighted by atomic mass is 10.4. The molecular formula is C6H11N5O. The Hall–Kier alpha value is -1.46. The highest BCUT2D eigenvalue weighted by molar-refractivity contribution is 5.75. The third kappa shape index (κ3) is 1.77. The van der Waals surface area contributed by atoms with E-state index in [1.54, 1.807) is 7.05 Å². The topological polar surface area (TPSA) is 72.7 Å². The second-order valence-corrected chi connectivity index (χ2v) is 2.28. The first-order valence-electron chi connectivity index (χ1n) is 3.73. The van der Waals surface area contributed by atoms with Crippen molar-refractivity contribution >= 4 is 5.91 Å². The van der Waals surface area contributed by atoms with Gasteiger partial charge < -0.3 is 5.32 Å². The van der Waals surface area contributed by atoms with Gasteiger partial charge in [-0.15, -0.1) is 5.10 Å². The van der Waals surface area contributed by atoms with Crippen LogP contribution < -0.4 is 5.32 Å². The van der Waals surface area contributed by atoms with Crippen molar-refractivity contribution in [2.45, 2.75) is 19.9 Å². The largest absolute Gasteiger partial charge is 0.358 e. The number of rotatable bonds is 3. The average molecular weight is 169 g/mol. The van der Waals surface area contributed by atoms with Crippen molar-refractivity contribution < 1.29 is 4.79 Å². The van der Waals surface area contributed by atoms with Gasteiger partial charge in [-0.1, -0.05) is 6.92 Å². The predicted octanol–water partition coefficient (Wildman–Crippen LogP) is -1.02. The molecule has 0 saturated heterocycles. The summed E-state index contributed by atoms with van der Waals surface area (Å²) in [6.45, 7) is 2.12. The second-order valence-electron chi connectivity index (χ2n) is 2.28. The van der Waals surface area contributed by atoms with Crippen molar-refractivity contribution in [1.82, 2.24) is 25.5 Å². The first-order chi connectivity index (χ1) is 5.77. The summed E-state index contributed by atoms with van der Waals surface area (Å²) in [5.41, 5.74) is 0. The standard InChI is InChI=1S/C6H11N5O/c1-3-5-8-9-10-11(5)4-6(12)7-2/h3-4H2,1-2H3,(H,7,12). The fourth-order valence-corrected chi connectivity index (χ4v) is 0.814. The van der Waals surface area contributed by atoms with Crippen LogP contribution in [0.5, 0.6) is 0 Å². The molecule has 66 valence electrons. The van der Waals surface area contributed by atoms with Gasteiger partial charge >= 0.3 is 0 Å². The molecule has 0 radical (unpaired) electrons. The van der Waals surface area contributed by atoms with Gasteiger partial charge in [0.1, 0.15) is 6.54 Å². The molecule has 0 atom stereocenters. The van der Waals surface area contributed by atoms with E-state index in [0.717, 1.165) is 12.2 Å². The number of hydrogen-bond donors (Lipinski definition) is 1. The van der Waals surface area contributed by atoms with Gasteiger partial charge in [-0.05, 0) is 10.4 Å². The van der Waals surface area contributed by atoms with E-state index in [2.05, 4.69) is 20.8 Å². The molecule has 0 aliphatic carbocycles. The minimum atomic E-state index is -0.1000. The Morgan fingerprint density at radius 2 is 2.42 bits per heavy atom. The van der Waals surface area contributed by atoms with E-state index in [-0.39, 0.29) is 12.5 Å². The number of likely N-dealkylation sites (N-methyl/N-ethyl adjacent to an activating group) is 1. The summed E-state index contributed by atoms with van der Waals surface area (Å²) in [5.74, 6) is 0.621. The number of nitrogens with zero attached hydrogens (tertiary/aromatic N) is 4. The molecule has 0 unspecified atom stereocenters. The molecule has 0 saturated carbocycles. The Labute approximate surface area is 70.0 Å². The van der Waals surface area contributed by atoms with E-state index in [1.165, 1.54) is 4.68 Å². The van der Waals surface area contributed by atoms with E-state index in [1.807, 2.05) is 6.92 Å². The zero-order valence-electron chi connectivity index (χ0n) is 7.11. The summed E-state index contributed by atoms with van der Waals surface area (Å²) in [7, 11) is 1.58. The third-order valence-electron chi connectivity index (χ3n) is 1.49. The average Bonchev–Trinajstić information content (AvgIpc) is 2.51. The van der Waals surface area contributed by atoms with Gasteiger partial charge in [-0.3, -0.25) is 4.79 Å². The summed E-state index contributed by atoms with van der Waals surface area (Å²) in [5, 5.41) is 13.4. The maximum Gasteiger partial charge on any atom is 0.241 e. The van der Waals surface area contributed by atoms with Gasteiger partial charge in [0.25, 0.3) is 0 Å². The van der Waals surface area contributed by atoms with Crippen LogP contribution in [0.1, 0.15) is 12.7 Å². The fourth-order valence-electron chi connectivity index (χ4n) is 0.814. The van der Waals surface area contributed by atoms with E-state index < -0.39 is 0 Å². The summed E-state index contributed by atoms with van der Waals surface area (Å²) in [6.07, 6.45) is 0.726. The Kier molecular flexibility index (Phi) is 2.73. The molecule has 0 fully saturated rings. The van der Waals surface area contributed by atoms with Crippen LogP contribution in [0.3, 0.4) is 0 Å². The van der Waals surface area contributed by atoms with Crippen LogP contribution in [-0.4, -0.2) is 33.2 Å². The summed E-state index contributed by atoms with van der Waals surface area (Å²) >= 11 is 0. The van der Waals surface area contributed by atoms with E-state index in [4.69, 9.17) is 0 Å². The molecule has 0 aliphatic heterocycles. The molecule has 0 aliphatic rings. The molecule has 1 aromatic heterocycles. The van der Waals surface area contributed by atoms with E-state index in [9.17, 15) is 4.79 Å². The molecule has 6 nitrogen and oxygen atoms in total. The summed E-state index contributed by atoms with van der Waals surface area (Å²) < 4.78 is 1.48. The Balaban J connectivity index is 2.68. The molecule has 0 bridgehead atoms. The van der Waals surface area contributed by atoms with Crippen LogP contribution in [0.4, 0.5) is 0 Å². The van der Waals surface area contributed by atoms with Crippen molar-refractivity contribution in [2.75, 3.05) is 7.05 Å². The Bertz CT molecular complexity index is 269. The molecule has 1 heterocycles. The number of carbonyl (C=O) groups excluding carboxylic acids is 1. The highest BCUT2D eigenvalue weighted by Crippen LogP contribution is 1.91. The van der Waals surface area contributed by atoms with Crippen LogP contribution in [-0.2, 0) is 17.8 Å². The normalized spacial score (nSPS) is 9.83. The van der Waals surface area contributed by atoms with Gasteiger partial charge in [0.2, 0.25) is 5.91 Å². The SMILES string of the molecule is CCc1nnnn1CC(=O)NC. The fraction of sp³-hybridized carbons (Fsp3) is 0.667. The van der Waals surface area contributed by atoms with Crippen LogP contribution in [0.2, 0.25) is 0 Å². The van der Waals surface area contributed by atoms with Gasteiger partial charge in [-0.2, -0.15) is 0 Å². The van der Waals surface area contributed by atoms with Gasteiger partial charge in [0.15, 0.2) is 5.82 Å². The number of aromatic nitrogens is 4. The predicted molar refractivity (Wildman–Crippen MR) is 41.3 cm³/mol. The van der Waals surface area contributed by atoms with Crippen LogP contribution in [0, 0.1) is 0 Å². The molecule has 6 heteroatoms. The molecular weight excluding hydrogens is 158 g/mol. The van der Waals surface area contributed by atoms with Crippen LogP contribution in [0.15, 0.2) is 0 Å². The van der Waals surface area contributed by atoms with Crippen molar-refractivity contribution in [3.05, 3.63) is 5.82 Å². The Morgan fingerprint density at radius 3 is 3.00 bits per heavy atom. The maximum absolute atomic E-state index is 10.9. The third-order valence-corrected chi connectivity index (χ3v) is 1.49. The van der Waals surface area contributed by atoms with Gasteiger partial charge in [0.05, 0.1) is 0 Å². The monoisotopic (exact) mass is 169 g/mol. The number of carbonyl (C=O) groups is 1. The molecule has 0 spiro atoms. The number of tetrazole rings is 1. The lowest BCUT2D eigenvalue weighted by Gasteiger charge is -2.00. The van der Waals surface area contributed by atoms with Crippen molar-refractivity contribution in [1.29, 1.82) is 0 Å². The smallest absolute Gasteiger partial charge is 0.241 e. The number of nitrogens with one attached hydrogen (secondary N) is 1. The molecule has 1 N–H and O–H groups in total. The minimum Gasteiger partial charge on any atom is -0.358 e. The highest BCUT2D eigenvalue weighted by atomic mass is 16.1. The Morgan fingerprint density at radius 1 is 1.67 bits per heavy atom. The summed E-state index contributed by atoms with van der Waals surface area (Å²) in [6, 6.07) is 0. The molecule has 0 aromatic carbocycles. The van der Waals surface area contributed by atoms with Gasteiger partial charge in [-0.25, -0.2) is 4.68 Å². The number of amides is 1. The van der Waals surface area contributed by atoms with E-state index >= 15 is 0 Å². The summed E-state index contributed by atoms with van der Waals surface area (Å²) in [4.78, 5) is 10.9. The van der Waals surface area contributed by atoms with Crippen molar-refractivity contribution in [2.24, 2.45) is 0 Å². The van der Waals surface area contributed by atoms with Gasteiger partial charge in [0, 0.05) is 13.5 Å². The first kappa shape index (κ1) is 8.63. The zero-order chi connectivity index (χ0) is 8.97. The van der Waals surface area contributed by atoms with E-state index in [0.29, 0.717) is 0 Å². The van der Waals surface area contributed by atoms with Crippen LogP contribution in [0.25, 0.3) is 0 Å². The molecule has 1 amide bonds. The highest BCUT2D eigenvalue weighted by Gasteiger charge is 2.06. The number of hydrogen-bond acceptors (Lipinski definition) is 4. The number of aryl methyl sites for hydroxylation is 1. The van der Waals surface area contributed by atoms with Crippen LogP contribution >= 0.6 is 0 Å². The maximum atomic E-state index is 10.9. The lowest BCUT2D eigenvalue weighted by molar-refractivity contribution is -0.121.